The Labute approximate surface area is 322 Å². The molecule has 1 aromatic carbocycles. The molecule has 1 aromatic heterocycles. The second-order valence-electron chi connectivity index (χ2n) is 13.4. The number of aromatic nitrogens is 1. The Morgan fingerprint density at radius 2 is 1.93 bits per heavy atom. The predicted octanol–water partition coefficient (Wildman–Crippen LogP) is 9.39. The number of unbranched alkanes of at least 4 members (excludes halogenated alkanes) is 3. The Morgan fingerprint density at radius 1 is 1.13 bits per heavy atom. The first-order valence-corrected chi connectivity index (χ1v) is 19.1. The number of hydrazone groups is 1. The van der Waals surface area contributed by atoms with Crippen LogP contribution in [0, 0.1) is 25.6 Å². The van der Waals surface area contributed by atoms with Crippen LogP contribution in [-0.2, 0) is 4.79 Å². The summed E-state index contributed by atoms with van der Waals surface area (Å²) in [7, 11) is 1.84. The molecule has 0 bridgehead atoms. The lowest BCUT2D eigenvalue weighted by Gasteiger charge is -2.25. The van der Waals surface area contributed by atoms with Crippen LogP contribution >= 0.6 is 0 Å². The van der Waals surface area contributed by atoms with E-state index in [1.807, 2.05) is 65.2 Å². The highest BCUT2D eigenvalue weighted by atomic mass is 19.1. The van der Waals surface area contributed by atoms with Crippen LogP contribution in [0.15, 0.2) is 88.6 Å². The Morgan fingerprint density at radius 3 is 2.61 bits per heavy atom. The van der Waals surface area contributed by atoms with Gasteiger partial charge in [-0.2, -0.15) is 5.10 Å². The minimum absolute atomic E-state index is 0.0975. The number of ether oxygens (including phenoxy) is 2. The zero-order chi connectivity index (χ0) is 39.5. The number of allylic oxidation sites excluding steroid dienone is 5. The molecule has 0 amide bonds. The van der Waals surface area contributed by atoms with E-state index >= 15 is 4.39 Å². The van der Waals surface area contributed by atoms with Crippen molar-refractivity contribution in [3.05, 3.63) is 101 Å². The van der Waals surface area contributed by atoms with E-state index in [9.17, 15) is 4.79 Å². The number of ketones is 1. The number of fused-ring (bicyclic) bond motifs is 1. The van der Waals surface area contributed by atoms with Crippen LogP contribution in [0.25, 0.3) is 0 Å². The van der Waals surface area contributed by atoms with Crippen molar-refractivity contribution in [3.63, 3.8) is 0 Å². The molecule has 0 aliphatic carbocycles. The summed E-state index contributed by atoms with van der Waals surface area (Å²) in [6, 6.07) is 5.18. The van der Waals surface area contributed by atoms with E-state index in [0.29, 0.717) is 41.3 Å². The third-order valence-electron chi connectivity index (χ3n) is 8.42. The third kappa shape index (κ3) is 13.4. The van der Waals surface area contributed by atoms with Crippen molar-refractivity contribution >= 4 is 29.3 Å². The first-order chi connectivity index (χ1) is 26.0. The summed E-state index contributed by atoms with van der Waals surface area (Å²) in [6.07, 6.45) is 21.6. The molecule has 2 aliphatic rings. The molecule has 11 heteroatoms. The molecule has 2 N–H and O–H groups in total. The zero-order valence-corrected chi connectivity index (χ0v) is 33.7. The maximum atomic E-state index is 15.8. The molecule has 54 heavy (non-hydrogen) atoms. The predicted molar refractivity (Wildman–Crippen MR) is 222 cm³/mol. The average Bonchev–Trinajstić information content (AvgIpc) is 3.29. The van der Waals surface area contributed by atoms with Crippen molar-refractivity contribution in [2.75, 3.05) is 43.5 Å². The number of rotatable bonds is 15. The van der Waals surface area contributed by atoms with Crippen LogP contribution in [-0.4, -0.2) is 61.1 Å². The fourth-order valence-electron chi connectivity index (χ4n) is 5.63. The topological polar surface area (TPSA) is 104 Å². The van der Waals surface area contributed by atoms with E-state index in [1.54, 1.807) is 41.7 Å². The maximum absolute atomic E-state index is 15.8. The fraction of sp³-hybridized carbons (Fsp3) is 0.442. The molecule has 0 fully saturated rings. The molecule has 0 saturated heterocycles. The Kier molecular flexibility index (Phi) is 18.4. The largest absolute Gasteiger partial charge is 0.489 e. The highest BCUT2D eigenvalue weighted by Crippen LogP contribution is 2.34. The van der Waals surface area contributed by atoms with Gasteiger partial charge in [-0.15, -0.1) is 0 Å². The molecule has 1 atom stereocenters. The average molecular weight is 742 g/mol. The summed E-state index contributed by atoms with van der Waals surface area (Å²) in [5.74, 6) is 3.09. The van der Waals surface area contributed by atoms with Gasteiger partial charge in [0.1, 0.15) is 23.0 Å². The molecule has 3 heterocycles. The summed E-state index contributed by atoms with van der Waals surface area (Å²) in [5.41, 5.74) is 3.47. The van der Waals surface area contributed by atoms with Gasteiger partial charge in [-0.05, 0) is 89.9 Å². The van der Waals surface area contributed by atoms with Crippen molar-refractivity contribution in [1.29, 1.82) is 0 Å². The molecule has 0 radical (unpaired) electrons. The van der Waals surface area contributed by atoms with Gasteiger partial charge in [0.25, 0.3) is 0 Å². The summed E-state index contributed by atoms with van der Waals surface area (Å²) < 4.78 is 28.1. The van der Waals surface area contributed by atoms with Gasteiger partial charge in [0, 0.05) is 56.3 Å². The molecule has 10 nitrogen and oxygen atoms in total. The minimum atomic E-state index is -0.458. The summed E-state index contributed by atoms with van der Waals surface area (Å²) in [4.78, 5) is 22.4. The minimum Gasteiger partial charge on any atom is -0.489 e. The van der Waals surface area contributed by atoms with Gasteiger partial charge in [0.2, 0.25) is 0 Å². The van der Waals surface area contributed by atoms with Crippen molar-refractivity contribution in [2.45, 2.75) is 87.5 Å². The van der Waals surface area contributed by atoms with E-state index < -0.39 is 5.82 Å². The van der Waals surface area contributed by atoms with Gasteiger partial charge >= 0.3 is 0 Å². The number of benzene rings is 1. The lowest BCUT2D eigenvalue weighted by Crippen LogP contribution is -2.30. The van der Waals surface area contributed by atoms with Crippen LogP contribution in [0.1, 0.15) is 90.5 Å². The summed E-state index contributed by atoms with van der Waals surface area (Å²) in [6.45, 7) is 18.9. The molecule has 0 saturated carbocycles. The number of halogens is 1. The van der Waals surface area contributed by atoms with Crippen molar-refractivity contribution < 1.29 is 18.7 Å². The number of aryl methyl sites for hydroxylation is 2. The van der Waals surface area contributed by atoms with Gasteiger partial charge < -0.3 is 25.0 Å². The van der Waals surface area contributed by atoms with E-state index in [2.05, 4.69) is 41.4 Å². The number of amidine groups is 1. The standard InChI is InChI=1S/C37H49FN6O2.C6H11NO/c1-8-12-14-17-39-36(35-28(7)21-34-37(42-35)43(18-15-13-9-2)24-26(5)25-45-34)41-32-20-27(6)33(23-31(32)38)46-30-16-19-44(40-11-4)29(10-3)22-30;1-6(8)4-3-5-7-2/h10-11,14,16-17,19-23,26H,8-9,12-13,15,18,24-25H2,1-7H3,(H,39,41);3-4,7H,5H2,1-2H3/b17-14+,29-10+,40-11-;4-3+. The van der Waals surface area contributed by atoms with Gasteiger partial charge in [0.05, 0.1) is 18.0 Å². The van der Waals surface area contributed by atoms with E-state index in [0.717, 1.165) is 80.1 Å². The highest BCUT2D eigenvalue weighted by molar-refractivity contribution is 6.08. The zero-order valence-electron chi connectivity index (χ0n) is 33.7. The van der Waals surface area contributed by atoms with Crippen molar-refractivity contribution in [2.24, 2.45) is 16.0 Å². The Balaban J connectivity index is 0.000000879. The van der Waals surface area contributed by atoms with Crippen LogP contribution < -0.4 is 25.0 Å². The number of likely N-dealkylation sites (N-methyl/N-ethyl adjacent to an activating group) is 1. The number of hydrogen-bond donors (Lipinski definition) is 2. The number of anilines is 2. The van der Waals surface area contributed by atoms with Crippen LogP contribution in [0.3, 0.4) is 0 Å². The number of hydrogen-bond acceptors (Lipinski definition) is 9. The lowest BCUT2D eigenvalue weighted by molar-refractivity contribution is -0.112. The third-order valence-corrected chi connectivity index (χ3v) is 8.42. The smallest absolute Gasteiger partial charge is 0.172 e. The first kappa shape index (κ1) is 43.4. The molecule has 0 spiro atoms. The quantitative estimate of drug-likeness (QED) is 0.0806. The monoisotopic (exact) mass is 741 g/mol. The first-order valence-electron chi connectivity index (χ1n) is 19.1. The second-order valence-corrected chi connectivity index (χ2v) is 13.4. The summed E-state index contributed by atoms with van der Waals surface area (Å²) in [5, 5.41) is 12.2. The van der Waals surface area contributed by atoms with Gasteiger partial charge in [-0.1, -0.05) is 58.3 Å². The van der Waals surface area contributed by atoms with Gasteiger partial charge in [0.15, 0.2) is 23.2 Å². The highest BCUT2D eigenvalue weighted by Gasteiger charge is 2.25. The number of aliphatic imine (C=N–C) groups is 1. The molecule has 4 rings (SSSR count). The van der Waals surface area contributed by atoms with Crippen LogP contribution in [0.2, 0.25) is 0 Å². The molecular weight excluding hydrogens is 682 g/mol. The lowest BCUT2D eigenvalue weighted by atomic mass is 10.1. The molecule has 2 aromatic rings. The fourth-order valence-corrected chi connectivity index (χ4v) is 5.63. The van der Waals surface area contributed by atoms with Crippen LogP contribution in [0.5, 0.6) is 11.5 Å². The van der Waals surface area contributed by atoms with E-state index in [-0.39, 0.29) is 5.78 Å². The number of carbonyl (C=O) groups excluding carboxylic acids is 1. The Hall–Kier alpha value is -5.03. The maximum Gasteiger partial charge on any atom is 0.172 e. The molecular formula is C43H60FN7O3. The summed E-state index contributed by atoms with van der Waals surface area (Å²) >= 11 is 0. The number of carbonyl (C=O) groups is 1. The molecule has 1 unspecified atom stereocenters. The number of pyridine rings is 1. The normalized spacial score (nSPS) is 16.7. The van der Waals surface area contributed by atoms with Crippen molar-refractivity contribution in [1.82, 2.24) is 15.3 Å². The van der Waals surface area contributed by atoms with Crippen molar-refractivity contribution in [3.8, 4) is 11.5 Å². The van der Waals surface area contributed by atoms with Crippen LogP contribution in [0.4, 0.5) is 15.9 Å². The van der Waals surface area contributed by atoms with E-state index in [4.69, 9.17) is 19.5 Å². The number of nitrogens with zero attached hydrogens (tertiary/aromatic N) is 5. The molecule has 292 valence electrons. The Bertz CT molecular complexity index is 1760. The number of nitrogens with one attached hydrogen (secondary N) is 2. The molecule has 2 aliphatic heterocycles. The van der Waals surface area contributed by atoms with Gasteiger partial charge in [-0.25, -0.2) is 19.4 Å². The SMILES string of the molecule is C/C=N\N1C=CC(Oc2cc(F)c(NC(=N/C=C/CCC)c3nc4c(cc3C)OCC(C)CN4CCCCC)cc2C)=C/C1=C\C.CNC/C=C/C(C)=O. The van der Waals surface area contributed by atoms with E-state index in [1.165, 1.54) is 13.0 Å². The van der Waals surface area contributed by atoms with Gasteiger partial charge in [-0.3, -0.25) is 4.79 Å². The second kappa shape index (κ2) is 22.9.